The van der Waals surface area contributed by atoms with Crippen molar-refractivity contribution in [2.45, 2.75) is 44.8 Å². The predicted octanol–water partition coefficient (Wildman–Crippen LogP) is 2.75. The molecule has 6 heteroatoms. The molecule has 0 aliphatic heterocycles. The highest BCUT2D eigenvalue weighted by Gasteiger charge is 2.23. The quantitative estimate of drug-likeness (QED) is 0.645. The molecule has 0 unspecified atom stereocenters. The number of carbonyl (C=O) groups excluding carboxylic acids is 1. The number of hydrogen-bond acceptors (Lipinski definition) is 4. The molecule has 0 saturated heterocycles. The lowest BCUT2D eigenvalue weighted by Gasteiger charge is -2.29. The molecule has 5 nitrogen and oxygen atoms in total. The van der Waals surface area contributed by atoms with Gasteiger partial charge in [0.1, 0.15) is 5.15 Å². The second kappa shape index (κ2) is 8.46. The van der Waals surface area contributed by atoms with E-state index in [1.165, 1.54) is 0 Å². The van der Waals surface area contributed by atoms with Crippen LogP contribution >= 0.6 is 11.6 Å². The number of hydrogen-bond donors (Lipinski definition) is 1. The molecule has 1 fully saturated rings. The lowest BCUT2D eigenvalue weighted by atomic mass is 9.92. The highest BCUT2D eigenvalue weighted by atomic mass is 35.5. The van der Waals surface area contributed by atoms with Gasteiger partial charge in [0.05, 0.1) is 19.3 Å². The van der Waals surface area contributed by atoms with Gasteiger partial charge in [-0.25, -0.2) is 4.98 Å². The van der Waals surface area contributed by atoms with Crippen molar-refractivity contribution in [3.05, 3.63) is 28.5 Å². The lowest BCUT2D eigenvalue weighted by molar-refractivity contribution is -0.00408. The van der Waals surface area contributed by atoms with Crippen LogP contribution in [0.5, 0.6) is 0 Å². The molecule has 1 N–H and O–H groups in total. The minimum Gasteiger partial charge on any atom is -0.382 e. The average Bonchev–Trinajstić information content (AvgIpc) is 2.48. The second-order valence-corrected chi connectivity index (χ2v) is 6.02. The average molecular weight is 327 g/mol. The van der Waals surface area contributed by atoms with E-state index in [4.69, 9.17) is 21.1 Å². The van der Waals surface area contributed by atoms with Gasteiger partial charge in [-0.15, -0.1) is 0 Å². The molecule has 1 heterocycles. The minimum absolute atomic E-state index is 0.0869. The zero-order valence-electron chi connectivity index (χ0n) is 13.1. The van der Waals surface area contributed by atoms with Gasteiger partial charge < -0.3 is 14.8 Å². The highest BCUT2D eigenvalue weighted by molar-refractivity contribution is 6.29. The van der Waals surface area contributed by atoms with Crippen LogP contribution in [0, 0.1) is 6.92 Å². The van der Waals surface area contributed by atoms with Crippen LogP contribution in [0.4, 0.5) is 0 Å². The molecule has 22 heavy (non-hydrogen) atoms. The summed E-state index contributed by atoms with van der Waals surface area (Å²) < 4.78 is 10.7. The summed E-state index contributed by atoms with van der Waals surface area (Å²) in [5, 5.41) is 3.42. The molecule has 0 atom stereocenters. The van der Waals surface area contributed by atoms with E-state index in [-0.39, 0.29) is 18.1 Å². The zero-order valence-corrected chi connectivity index (χ0v) is 13.9. The van der Waals surface area contributed by atoms with Crippen LogP contribution in [0.2, 0.25) is 5.15 Å². The SMILES string of the molecule is COCCO[C@H]1CC[C@H](NC(=O)c2cc(C)nc(Cl)c2)CC1. The molecule has 0 radical (unpaired) electrons. The molecule has 1 aliphatic carbocycles. The Morgan fingerprint density at radius 2 is 2.05 bits per heavy atom. The van der Waals surface area contributed by atoms with Crippen LogP contribution in [0.3, 0.4) is 0 Å². The Hall–Kier alpha value is -1.17. The van der Waals surface area contributed by atoms with Crippen molar-refractivity contribution in [3.63, 3.8) is 0 Å². The van der Waals surface area contributed by atoms with Gasteiger partial charge in [0.2, 0.25) is 0 Å². The van der Waals surface area contributed by atoms with E-state index < -0.39 is 0 Å². The van der Waals surface area contributed by atoms with Crippen molar-refractivity contribution in [1.29, 1.82) is 0 Å². The van der Waals surface area contributed by atoms with Gasteiger partial charge in [0, 0.05) is 24.4 Å². The van der Waals surface area contributed by atoms with E-state index in [2.05, 4.69) is 10.3 Å². The number of nitrogens with zero attached hydrogens (tertiary/aromatic N) is 1. The summed E-state index contributed by atoms with van der Waals surface area (Å²) in [4.78, 5) is 16.3. The summed E-state index contributed by atoms with van der Waals surface area (Å²) in [5.41, 5.74) is 1.31. The first kappa shape index (κ1) is 17.2. The van der Waals surface area contributed by atoms with Crippen molar-refractivity contribution in [1.82, 2.24) is 10.3 Å². The number of halogens is 1. The molecule has 2 rings (SSSR count). The summed E-state index contributed by atoms with van der Waals surface area (Å²) in [6.07, 6.45) is 4.07. The van der Waals surface area contributed by atoms with Crippen LogP contribution in [0.1, 0.15) is 41.7 Å². The summed E-state index contributed by atoms with van der Waals surface area (Å²) >= 11 is 5.90. The standard InChI is InChI=1S/C16H23ClN2O3/c1-11-9-12(10-15(17)18-11)16(20)19-13-3-5-14(6-4-13)22-8-7-21-2/h9-10,13-14H,3-8H2,1-2H3,(H,19,20)/t13-,14-. The number of pyridine rings is 1. The van der Waals surface area contributed by atoms with E-state index in [9.17, 15) is 4.79 Å². The molecule has 1 amide bonds. The molecular weight excluding hydrogens is 304 g/mol. The second-order valence-electron chi connectivity index (χ2n) is 5.63. The molecule has 1 aromatic rings. The highest BCUT2D eigenvalue weighted by Crippen LogP contribution is 2.21. The molecule has 1 aliphatic rings. The topological polar surface area (TPSA) is 60.5 Å². The molecule has 0 spiro atoms. The van der Waals surface area contributed by atoms with E-state index in [0.29, 0.717) is 23.9 Å². The first-order valence-electron chi connectivity index (χ1n) is 7.64. The Bertz CT molecular complexity index is 482. The molecule has 1 saturated carbocycles. The number of methoxy groups -OCH3 is 1. The number of aromatic nitrogens is 1. The number of aryl methyl sites for hydroxylation is 1. The molecular formula is C16H23ClN2O3. The third-order valence-electron chi connectivity index (χ3n) is 3.83. The first-order valence-corrected chi connectivity index (χ1v) is 8.02. The molecule has 122 valence electrons. The number of rotatable bonds is 6. The molecule has 0 aromatic carbocycles. The summed E-state index contributed by atoms with van der Waals surface area (Å²) in [5.74, 6) is -0.0869. The smallest absolute Gasteiger partial charge is 0.251 e. The monoisotopic (exact) mass is 326 g/mol. The normalized spacial score (nSPS) is 21.6. The Morgan fingerprint density at radius 3 is 2.68 bits per heavy atom. The van der Waals surface area contributed by atoms with E-state index >= 15 is 0 Å². The van der Waals surface area contributed by atoms with Crippen LogP contribution < -0.4 is 5.32 Å². The fourth-order valence-corrected chi connectivity index (χ4v) is 2.95. The van der Waals surface area contributed by atoms with Crippen molar-refractivity contribution in [2.24, 2.45) is 0 Å². The Balaban J connectivity index is 1.79. The van der Waals surface area contributed by atoms with Crippen LogP contribution in [-0.2, 0) is 9.47 Å². The van der Waals surface area contributed by atoms with Crippen molar-refractivity contribution in [2.75, 3.05) is 20.3 Å². The molecule has 1 aromatic heterocycles. The van der Waals surface area contributed by atoms with E-state index in [0.717, 1.165) is 31.4 Å². The third kappa shape index (κ3) is 5.23. The predicted molar refractivity (Wildman–Crippen MR) is 85.3 cm³/mol. The summed E-state index contributed by atoms with van der Waals surface area (Å²) in [6.45, 7) is 3.08. The minimum atomic E-state index is -0.0869. The van der Waals surface area contributed by atoms with Gasteiger partial charge in [-0.1, -0.05) is 11.6 Å². The van der Waals surface area contributed by atoms with Crippen molar-refractivity contribution >= 4 is 17.5 Å². The maximum Gasteiger partial charge on any atom is 0.251 e. The third-order valence-corrected chi connectivity index (χ3v) is 4.03. The number of ether oxygens (including phenoxy) is 2. The van der Waals surface area contributed by atoms with Gasteiger partial charge in [-0.05, 0) is 44.7 Å². The van der Waals surface area contributed by atoms with Crippen molar-refractivity contribution in [3.8, 4) is 0 Å². The maximum atomic E-state index is 12.3. The van der Waals surface area contributed by atoms with Crippen LogP contribution in [0.25, 0.3) is 0 Å². The number of carbonyl (C=O) groups is 1. The largest absolute Gasteiger partial charge is 0.382 e. The van der Waals surface area contributed by atoms with Gasteiger partial charge in [0.15, 0.2) is 0 Å². The summed E-state index contributed by atoms with van der Waals surface area (Å²) in [7, 11) is 1.67. The fourth-order valence-electron chi connectivity index (χ4n) is 2.70. The Morgan fingerprint density at radius 1 is 1.32 bits per heavy atom. The van der Waals surface area contributed by atoms with Gasteiger partial charge in [-0.2, -0.15) is 0 Å². The zero-order chi connectivity index (χ0) is 15.9. The molecule has 0 bridgehead atoms. The fraction of sp³-hybridized carbons (Fsp3) is 0.625. The lowest BCUT2D eigenvalue weighted by Crippen LogP contribution is -2.39. The van der Waals surface area contributed by atoms with Gasteiger partial charge in [0.25, 0.3) is 5.91 Å². The summed E-state index contributed by atoms with van der Waals surface area (Å²) in [6, 6.07) is 3.55. The maximum absolute atomic E-state index is 12.3. The van der Waals surface area contributed by atoms with E-state index in [1.807, 2.05) is 6.92 Å². The van der Waals surface area contributed by atoms with E-state index in [1.54, 1.807) is 19.2 Å². The van der Waals surface area contributed by atoms with Crippen molar-refractivity contribution < 1.29 is 14.3 Å². The number of nitrogens with one attached hydrogen (secondary N) is 1. The Labute approximate surface area is 136 Å². The number of amides is 1. The first-order chi connectivity index (χ1) is 10.6. The van der Waals surface area contributed by atoms with Crippen LogP contribution in [-0.4, -0.2) is 43.4 Å². The van der Waals surface area contributed by atoms with Gasteiger partial charge in [-0.3, -0.25) is 4.79 Å². The Kier molecular flexibility index (Phi) is 6.61. The van der Waals surface area contributed by atoms with Crippen LogP contribution in [0.15, 0.2) is 12.1 Å². The van der Waals surface area contributed by atoms with Gasteiger partial charge >= 0.3 is 0 Å².